The highest BCUT2D eigenvalue weighted by Crippen LogP contribution is 2.30. The molecule has 0 aromatic carbocycles. The van der Waals surface area contributed by atoms with Crippen molar-refractivity contribution in [3.05, 3.63) is 0 Å². The Bertz CT molecular complexity index is 111. The summed E-state index contributed by atoms with van der Waals surface area (Å²) in [4.78, 5) is 0. The van der Waals surface area contributed by atoms with Crippen molar-refractivity contribution in [3.63, 3.8) is 0 Å². The molecule has 2 fully saturated rings. The number of ether oxygens (including phenoxy) is 2. The summed E-state index contributed by atoms with van der Waals surface area (Å²) in [6.07, 6.45) is 3.60. The van der Waals surface area contributed by atoms with E-state index in [-0.39, 0.29) is 0 Å². The fourth-order valence-electron chi connectivity index (χ4n) is 1.62. The van der Waals surface area contributed by atoms with E-state index in [4.69, 9.17) is 9.47 Å². The van der Waals surface area contributed by atoms with Gasteiger partial charge >= 0.3 is 0 Å². The summed E-state index contributed by atoms with van der Waals surface area (Å²) < 4.78 is 10.9. The molecule has 0 radical (unpaired) electrons. The Morgan fingerprint density at radius 1 is 1.44 bits per heavy atom. The highest BCUT2D eigenvalue weighted by atomic mass is 16.6. The second-order valence-electron chi connectivity index (χ2n) is 2.86. The van der Waals surface area contributed by atoms with Crippen LogP contribution in [0.1, 0.15) is 19.8 Å². The third-order valence-electron chi connectivity index (χ3n) is 2.16. The van der Waals surface area contributed by atoms with Gasteiger partial charge in [-0.25, -0.2) is 0 Å². The number of rotatable bonds is 0. The predicted molar refractivity (Wildman–Crippen MR) is 33.3 cm³/mol. The number of hydrogen-bond donors (Lipinski definition) is 0. The van der Waals surface area contributed by atoms with Crippen molar-refractivity contribution in [2.75, 3.05) is 6.61 Å². The average molecular weight is 128 g/mol. The summed E-state index contributed by atoms with van der Waals surface area (Å²) in [7, 11) is 0. The van der Waals surface area contributed by atoms with Gasteiger partial charge in [0.25, 0.3) is 0 Å². The van der Waals surface area contributed by atoms with E-state index in [1.165, 1.54) is 12.8 Å². The van der Waals surface area contributed by atoms with Gasteiger partial charge in [-0.05, 0) is 19.8 Å². The maximum atomic E-state index is 5.46. The van der Waals surface area contributed by atoms with E-state index in [1.807, 2.05) is 0 Å². The van der Waals surface area contributed by atoms with Gasteiger partial charge in [-0.15, -0.1) is 0 Å². The molecule has 52 valence electrons. The molecule has 0 bridgehead atoms. The van der Waals surface area contributed by atoms with Gasteiger partial charge < -0.3 is 9.47 Å². The van der Waals surface area contributed by atoms with Crippen LogP contribution in [0.15, 0.2) is 0 Å². The molecule has 9 heavy (non-hydrogen) atoms. The minimum absolute atomic E-state index is 0.357. The summed E-state index contributed by atoms with van der Waals surface area (Å²) in [6.45, 7) is 3.02. The van der Waals surface area contributed by atoms with Crippen LogP contribution in [0.2, 0.25) is 0 Å². The zero-order valence-electron chi connectivity index (χ0n) is 5.67. The quantitative estimate of drug-likeness (QED) is 0.483. The van der Waals surface area contributed by atoms with Crippen molar-refractivity contribution in [1.29, 1.82) is 0 Å². The van der Waals surface area contributed by atoms with Gasteiger partial charge in [0, 0.05) is 6.61 Å². The molecular formula is C7H12O2. The summed E-state index contributed by atoms with van der Waals surface area (Å²) in [6, 6.07) is 0. The average Bonchev–Trinajstić information content (AvgIpc) is 1.86. The molecule has 0 saturated carbocycles. The fraction of sp³-hybridized carbons (Fsp3) is 1.00. The first-order valence-electron chi connectivity index (χ1n) is 3.65. The molecule has 2 heterocycles. The van der Waals surface area contributed by atoms with Gasteiger partial charge in [0.1, 0.15) is 6.10 Å². The summed E-state index contributed by atoms with van der Waals surface area (Å²) in [5.41, 5.74) is 0. The Labute approximate surface area is 55.1 Å². The summed E-state index contributed by atoms with van der Waals surface area (Å²) in [5.74, 6) is 0. The molecule has 0 aliphatic carbocycles. The summed E-state index contributed by atoms with van der Waals surface area (Å²) >= 11 is 0. The zero-order valence-corrected chi connectivity index (χ0v) is 5.67. The Hall–Kier alpha value is -0.0800. The highest BCUT2D eigenvalue weighted by Gasteiger charge is 2.41. The van der Waals surface area contributed by atoms with Crippen LogP contribution in [0, 0.1) is 0 Å². The standard InChI is InChI=1S/C7H12O2/c1-5-7-6(9-5)3-2-4-8-7/h5-7H,2-4H2,1H3/t5-,6-,7-/m1/s1. The Balaban J connectivity index is 1.94. The van der Waals surface area contributed by atoms with E-state index >= 15 is 0 Å². The monoisotopic (exact) mass is 128 g/mol. The zero-order chi connectivity index (χ0) is 6.27. The maximum Gasteiger partial charge on any atom is 0.109 e. The first-order chi connectivity index (χ1) is 4.38. The smallest absolute Gasteiger partial charge is 0.109 e. The van der Waals surface area contributed by atoms with Crippen molar-refractivity contribution >= 4 is 0 Å². The fourth-order valence-corrected chi connectivity index (χ4v) is 1.62. The van der Waals surface area contributed by atoms with Crippen molar-refractivity contribution in [1.82, 2.24) is 0 Å². The summed E-state index contributed by atoms with van der Waals surface area (Å²) in [5, 5.41) is 0. The van der Waals surface area contributed by atoms with Gasteiger partial charge in [-0.2, -0.15) is 0 Å². The highest BCUT2D eigenvalue weighted by molar-refractivity contribution is 4.89. The molecular weight excluding hydrogens is 116 g/mol. The normalized spacial score (nSPS) is 49.7. The van der Waals surface area contributed by atoms with Gasteiger partial charge in [0.05, 0.1) is 12.2 Å². The third-order valence-corrected chi connectivity index (χ3v) is 2.16. The van der Waals surface area contributed by atoms with E-state index < -0.39 is 0 Å². The SMILES string of the molecule is C[C@H]1O[C@@H]2CCCO[C@H]12. The van der Waals surface area contributed by atoms with Crippen LogP contribution in [0.5, 0.6) is 0 Å². The van der Waals surface area contributed by atoms with Gasteiger partial charge in [-0.1, -0.05) is 0 Å². The van der Waals surface area contributed by atoms with E-state index in [0.29, 0.717) is 18.3 Å². The van der Waals surface area contributed by atoms with Gasteiger partial charge in [-0.3, -0.25) is 0 Å². The van der Waals surface area contributed by atoms with Crippen LogP contribution in [0.25, 0.3) is 0 Å². The van der Waals surface area contributed by atoms with E-state index in [2.05, 4.69) is 6.92 Å². The number of fused-ring (bicyclic) bond motifs is 1. The van der Waals surface area contributed by atoms with Crippen LogP contribution in [0.3, 0.4) is 0 Å². The Morgan fingerprint density at radius 2 is 2.33 bits per heavy atom. The van der Waals surface area contributed by atoms with Gasteiger partial charge in [0.2, 0.25) is 0 Å². The minimum atomic E-state index is 0.357. The molecule has 2 heteroatoms. The van der Waals surface area contributed by atoms with E-state index in [0.717, 1.165) is 6.61 Å². The second-order valence-corrected chi connectivity index (χ2v) is 2.86. The van der Waals surface area contributed by atoms with Crippen molar-refractivity contribution in [3.8, 4) is 0 Å². The lowest BCUT2D eigenvalue weighted by atomic mass is 9.96. The molecule has 0 aromatic heterocycles. The van der Waals surface area contributed by atoms with Crippen molar-refractivity contribution < 1.29 is 9.47 Å². The molecule has 2 aliphatic rings. The van der Waals surface area contributed by atoms with Crippen LogP contribution in [-0.2, 0) is 9.47 Å². The molecule has 2 nitrogen and oxygen atoms in total. The van der Waals surface area contributed by atoms with Crippen molar-refractivity contribution in [2.24, 2.45) is 0 Å². The lowest BCUT2D eigenvalue weighted by Gasteiger charge is -2.45. The van der Waals surface area contributed by atoms with Crippen LogP contribution in [-0.4, -0.2) is 24.9 Å². The first kappa shape index (κ1) is 5.69. The second kappa shape index (κ2) is 1.96. The lowest BCUT2D eigenvalue weighted by molar-refractivity contribution is -0.254. The minimum Gasteiger partial charge on any atom is -0.373 e. The van der Waals surface area contributed by atoms with Gasteiger partial charge in [0.15, 0.2) is 0 Å². The van der Waals surface area contributed by atoms with Crippen LogP contribution in [0.4, 0.5) is 0 Å². The molecule has 3 atom stereocenters. The van der Waals surface area contributed by atoms with E-state index in [1.54, 1.807) is 0 Å². The third kappa shape index (κ3) is 0.775. The Morgan fingerprint density at radius 3 is 2.89 bits per heavy atom. The molecule has 2 aliphatic heterocycles. The topological polar surface area (TPSA) is 18.5 Å². The molecule has 0 N–H and O–H groups in total. The first-order valence-corrected chi connectivity index (χ1v) is 3.65. The molecule has 0 amide bonds. The molecule has 0 unspecified atom stereocenters. The Kier molecular flexibility index (Phi) is 1.24. The largest absolute Gasteiger partial charge is 0.373 e. The maximum absolute atomic E-state index is 5.46. The molecule has 0 spiro atoms. The van der Waals surface area contributed by atoms with E-state index in [9.17, 15) is 0 Å². The van der Waals surface area contributed by atoms with Crippen molar-refractivity contribution in [2.45, 2.75) is 38.1 Å². The molecule has 2 saturated heterocycles. The van der Waals surface area contributed by atoms with Crippen LogP contribution < -0.4 is 0 Å². The lowest BCUT2D eigenvalue weighted by Crippen LogP contribution is -2.55. The van der Waals surface area contributed by atoms with Crippen LogP contribution >= 0.6 is 0 Å². The number of hydrogen-bond acceptors (Lipinski definition) is 2. The predicted octanol–water partition coefficient (Wildman–Crippen LogP) is 0.953. The molecule has 2 rings (SSSR count). The molecule has 0 aromatic rings.